The van der Waals surface area contributed by atoms with E-state index in [1.165, 1.54) is 51.4 Å². The summed E-state index contributed by atoms with van der Waals surface area (Å²) in [6.45, 7) is 6.31. The second-order valence-electron chi connectivity index (χ2n) is 16.3. The molecule has 6 heteroatoms. The van der Waals surface area contributed by atoms with Gasteiger partial charge in [0.05, 0.1) is 0 Å². The van der Waals surface area contributed by atoms with E-state index in [0.717, 1.165) is 96.3 Å². The molecule has 0 saturated carbocycles. The maximum Gasteiger partial charge on any atom is 0.306 e. The van der Waals surface area contributed by atoms with Crippen molar-refractivity contribution in [2.45, 2.75) is 207 Å². The zero-order chi connectivity index (χ0) is 47.2. The average molecular weight is 897 g/mol. The molecule has 0 aromatic rings. The van der Waals surface area contributed by atoms with Crippen molar-refractivity contribution in [2.24, 2.45) is 0 Å². The molecule has 0 N–H and O–H groups in total. The van der Waals surface area contributed by atoms with Gasteiger partial charge in [0.25, 0.3) is 0 Å². The zero-order valence-electron chi connectivity index (χ0n) is 41.4. The van der Waals surface area contributed by atoms with E-state index in [-0.39, 0.29) is 38.0 Å². The van der Waals surface area contributed by atoms with E-state index in [9.17, 15) is 14.4 Å². The Bertz CT molecular complexity index is 1450. The van der Waals surface area contributed by atoms with Crippen molar-refractivity contribution in [3.63, 3.8) is 0 Å². The Hall–Kier alpha value is -4.45. The van der Waals surface area contributed by atoms with Gasteiger partial charge in [-0.25, -0.2) is 0 Å². The first kappa shape index (κ1) is 60.5. The lowest BCUT2D eigenvalue weighted by Gasteiger charge is -2.18. The second-order valence-corrected chi connectivity index (χ2v) is 16.3. The third kappa shape index (κ3) is 50.4. The highest BCUT2D eigenvalue weighted by atomic mass is 16.6. The van der Waals surface area contributed by atoms with Crippen LogP contribution in [0.2, 0.25) is 0 Å². The summed E-state index contributed by atoms with van der Waals surface area (Å²) < 4.78 is 16.6. The number of allylic oxidation sites excluding steroid dienone is 22. The second kappa shape index (κ2) is 52.2. The fraction of sp³-hybridized carbons (Fsp3) is 0.576. The van der Waals surface area contributed by atoms with Gasteiger partial charge in [0.1, 0.15) is 13.2 Å². The predicted octanol–water partition coefficient (Wildman–Crippen LogP) is 17.1. The van der Waals surface area contributed by atoms with Crippen molar-refractivity contribution >= 4 is 17.9 Å². The summed E-state index contributed by atoms with van der Waals surface area (Å²) in [6, 6.07) is 0. The fourth-order valence-electron chi connectivity index (χ4n) is 6.26. The minimum absolute atomic E-state index is 0.132. The van der Waals surface area contributed by atoms with Crippen LogP contribution in [0, 0.1) is 0 Å². The molecule has 0 aliphatic rings. The van der Waals surface area contributed by atoms with Crippen molar-refractivity contribution in [1.82, 2.24) is 0 Å². The summed E-state index contributed by atoms with van der Waals surface area (Å²) in [4.78, 5) is 37.9. The monoisotopic (exact) mass is 897 g/mol. The summed E-state index contributed by atoms with van der Waals surface area (Å²) in [7, 11) is 0. The van der Waals surface area contributed by atoms with Gasteiger partial charge >= 0.3 is 17.9 Å². The Morgan fingerprint density at radius 3 is 1.14 bits per heavy atom. The van der Waals surface area contributed by atoms with Gasteiger partial charge in [-0.05, 0) is 116 Å². The van der Waals surface area contributed by atoms with E-state index in [0.29, 0.717) is 19.3 Å². The molecule has 0 heterocycles. The molecule has 1 atom stereocenters. The standard InChI is InChI=1S/C59H92O6/c1-4-7-10-13-16-19-22-24-26-28-29-31-32-34-37-40-43-46-49-52-58(61)64-55-56(54-63-57(60)51-48-45-42-39-36-21-18-15-12-9-6-3)65-59(62)53-50-47-44-41-38-35-33-30-27-25-23-20-17-14-11-8-5-2/h7,10,15-20,24-27,29,31,33-35,37,41,43-44,46,56H,4-6,8-9,11-14,21-23,28,30,32,36,38-40,42,45,47-55H2,1-3H3/b10-7-,18-15-,19-16-,20-17-,26-24-,27-25-,31-29-,35-33-,37-34-,44-41-,46-43-/t56-/m1/s1. The van der Waals surface area contributed by atoms with Crippen molar-refractivity contribution < 1.29 is 28.6 Å². The van der Waals surface area contributed by atoms with Gasteiger partial charge < -0.3 is 14.2 Å². The molecule has 0 aromatic heterocycles. The van der Waals surface area contributed by atoms with Gasteiger partial charge in [-0.15, -0.1) is 0 Å². The first-order chi connectivity index (χ1) is 32.0. The molecule has 0 unspecified atom stereocenters. The summed E-state index contributed by atoms with van der Waals surface area (Å²) in [6.07, 6.45) is 73.1. The molecule has 0 spiro atoms. The Morgan fingerprint density at radius 2 is 0.662 bits per heavy atom. The summed E-state index contributed by atoms with van der Waals surface area (Å²) >= 11 is 0. The molecular weight excluding hydrogens is 805 g/mol. The predicted molar refractivity (Wildman–Crippen MR) is 279 cm³/mol. The SMILES string of the molecule is CC/C=C\C/C=C\C/C=C\C/C=C\C/C=C\C/C=C\CCC(=O)OC[C@@H](COC(=O)CCCCCCC/C=C\CCCC)OC(=O)CCC/C=C\C/C=C\C/C=C\C/C=C\CCCCC. The van der Waals surface area contributed by atoms with Crippen molar-refractivity contribution in [3.05, 3.63) is 134 Å². The van der Waals surface area contributed by atoms with Crippen LogP contribution in [0.15, 0.2) is 134 Å². The third-order valence-electron chi connectivity index (χ3n) is 10.1. The van der Waals surface area contributed by atoms with Gasteiger partial charge in [0, 0.05) is 19.3 Å². The van der Waals surface area contributed by atoms with E-state index in [4.69, 9.17) is 14.2 Å². The molecule has 0 amide bonds. The van der Waals surface area contributed by atoms with Gasteiger partial charge in [0.15, 0.2) is 6.10 Å². The number of ether oxygens (including phenoxy) is 3. The van der Waals surface area contributed by atoms with E-state index < -0.39 is 12.1 Å². The van der Waals surface area contributed by atoms with Crippen LogP contribution in [-0.2, 0) is 28.6 Å². The molecule has 0 bridgehead atoms. The number of carbonyl (C=O) groups excluding carboxylic acids is 3. The molecular formula is C59H92O6. The normalized spacial score (nSPS) is 13.2. The van der Waals surface area contributed by atoms with Gasteiger partial charge in [-0.2, -0.15) is 0 Å². The molecule has 0 aliphatic heterocycles. The number of hydrogen-bond acceptors (Lipinski definition) is 6. The van der Waals surface area contributed by atoms with E-state index in [2.05, 4.69) is 142 Å². The first-order valence-electron chi connectivity index (χ1n) is 25.7. The zero-order valence-corrected chi connectivity index (χ0v) is 41.4. The quantitative estimate of drug-likeness (QED) is 0.0262. The lowest BCUT2D eigenvalue weighted by atomic mass is 10.1. The van der Waals surface area contributed by atoms with E-state index >= 15 is 0 Å². The minimum Gasteiger partial charge on any atom is -0.462 e. The largest absolute Gasteiger partial charge is 0.462 e. The van der Waals surface area contributed by atoms with Crippen LogP contribution in [0.3, 0.4) is 0 Å². The van der Waals surface area contributed by atoms with Crippen LogP contribution in [0.4, 0.5) is 0 Å². The van der Waals surface area contributed by atoms with Gasteiger partial charge in [-0.3, -0.25) is 14.4 Å². The highest BCUT2D eigenvalue weighted by Gasteiger charge is 2.19. The molecule has 0 radical (unpaired) electrons. The van der Waals surface area contributed by atoms with Crippen molar-refractivity contribution in [1.29, 1.82) is 0 Å². The Kier molecular flexibility index (Phi) is 48.6. The highest BCUT2D eigenvalue weighted by molar-refractivity contribution is 5.71. The van der Waals surface area contributed by atoms with E-state index in [1.807, 2.05) is 12.2 Å². The van der Waals surface area contributed by atoms with Gasteiger partial charge in [-0.1, -0.05) is 199 Å². The number of esters is 3. The Morgan fingerprint density at radius 1 is 0.323 bits per heavy atom. The van der Waals surface area contributed by atoms with Crippen LogP contribution >= 0.6 is 0 Å². The van der Waals surface area contributed by atoms with Crippen molar-refractivity contribution in [3.8, 4) is 0 Å². The van der Waals surface area contributed by atoms with E-state index in [1.54, 1.807) is 0 Å². The lowest BCUT2D eigenvalue weighted by molar-refractivity contribution is -0.166. The molecule has 0 rings (SSSR count). The molecule has 65 heavy (non-hydrogen) atoms. The van der Waals surface area contributed by atoms with Crippen LogP contribution in [0.1, 0.15) is 201 Å². The number of carbonyl (C=O) groups is 3. The number of hydrogen-bond donors (Lipinski definition) is 0. The van der Waals surface area contributed by atoms with Crippen LogP contribution in [-0.4, -0.2) is 37.2 Å². The topological polar surface area (TPSA) is 78.9 Å². The summed E-state index contributed by atoms with van der Waals surface area (Å²) in [5.74, 6) is -1.10. The minimum atomic E-state index is -0.844. The third-order valence-corrected chi connectivity index (χ3v) is 10.1. The van der Waals surface area contributed by atoms with Crippen LogP contribution in [0.25, 0.3) is 0 Å². The number of unbranched alkanes of at least 4 members (excludes halogenated alkanes) is 11. The molecule has 0 saturated heterocycles. The molecule has 0 aliphatic carbocycles. The summed E-state index contributed by atoms with van der Waals surface area (Å²) in [5.41, 5.74) is 0. The maximum absolute atomic E-state index is 12.8. The Labute approximate surface area is 398 Å². The van der Waals surface area contributed by atoms with Crippen LogP contribution < -0.4 is 0 Å². The molecule has 6 nitrogen and oxygen atoms in total. The smallest absolute Gasteiger partial charge is 0.306 e. The molecule has 0 fully saturated rings. The number of rotatable bonds is 44. The van der Waals surface area contributed by atoms with Crippen molar-refractivity contribution in [2.75, 3.05) is 13.2 Å². The lowest BCUT2D eigenvalue weighted by Crippen LogP contribution is -2.30. The maximum atomic E-state index is 12.8. The summed E-state index contributed by atoms with van der Waals surface area (Å²) in [5, 5.41) is 0. The Balaban J connectivity index is 4.61. The molecule has 0 aromatic carbocycles. The molecule has 364 valence electrons. The highest BCUT2D eigenvalue weighted by Crippen LogP contribution is 2.11. The first-order valence-corrected chi connectivity index (χ1v) is 25.7. The van der Waals surface area contributed by atoms with Crippen LogP contribution in [0.5, 0.6) is 0 Å². The average Bonchev–Trinajstić information content (AvgIpc) is 3.30. The van der Waals surface area contributed by atoms with Gasteiger partial charge in [0.2, 0.25) is 0 Å². The fourth-order valence-corrected chi connectivity index (χ4v) is 6.26.